The van der Waals surface area contributed by atoms with Crippen LogP contribution in [-0.4, -0.2) is 70.5 Å². The normalized spacial score (nSPS) is 29.0. The van der Waals surface area contributed by atoms with Gasteiger partial charge in [0.15, 0.2) is 11.8 Å². The molecule has 0 aromatic carbocycles. The predicted octanol–water partition coefficient (Wildman–Crippen LogP) is -2.80. The zero-order chi connectivity index (χ0) is 25.2. The maximum absolute atomic E-state index is 12.6. The van der Waals surface area contributed by atoms with Crippen molar-refractivity contribution < 1.29 is 60.6 Å². The molecule has 8 N–H and O–H groups in total. The van der Waals surface area contributed by atoms with Crippen LogP contribution in [0.2, 0.25) is 0 Å². The first-order chi connectivity index (χ1) is 15.0. The minimum absolute atomic E-state index is 0.433. The highest BCUT2D eigenvalue weighted by Crippen LogP contribution is 2.66. The monoisotopic (exact) mass is 540 g/mol. The molecule has 0 spiro atoms. The van der Waals surface area contributed by atoms with Gasteiger partial charge in [-0.05, 0) is 0 Å². The van der Waals surface area contributed by atoms with E-state index in [-0.39, 0.29) is 0 Å². The molecule has 0 bridgehead atoms. The smallest absolute Gasteiger partial charge is 0.387 e. The lowest BCUT2D eigenvalue weighted by atomic mass is 9.92. The Morgan fingerprint density at radius 1 is 1.24 bits per heavy atom. The molecule has 1 aromatic rings. The molecule has 1 aliphatic heterocycles. The van der Waals surface area contributed by atoms with E-state index in [1.165, 1.54) is 0 Å². The average Bonchev–Trinajstić information content (AvgIpc) is 2.87. The molecule has 1 saturated heterocycles. The minimum atomic E-state index is -5.81. The summed E-state index contributed by atoms with van der Waals surface area (Å²) in [7, 11) is -17.0. The first-order valence-corrected chi connectivity index (χ1v) is 12.7. The summed E-state index contributed by atoms with van der Waals surface area (Å²) in [5, 5.41) is 14.0. The summed E-state index contributed by atoms with van der Waals surface area (Å²) in [6, 6.07) is 0. The van der Waals surface area contributed by atoms with Crippen LogP contribution in [0.5, 0.6) is 0 Å². The molecule has 1 fully saturated rings. The Morgan fingerprint density at radius 2 is 1.88 bits per heavy atom. The summed E-state index contributed by atoms with van der Waals surface area (Å²) in [5.41, 5.74) is 1.59. The number of rotatable bonds is 8. The van der Waals surface area contributed by atoms with Crippen LogP contribution in [0, 0.1) is 11.8 Å². The molecule has 0 aliphatic carbocycles. The number of aliphatic hydroxyl groups excluding tert-OH is 1. The van der Waals surface area contributed by atoms with Gasteiger partial charge in [-0.25, -0.2) is 22.9 Å². The van der Waals surface area contributed by atoms with Crippen LogP contribution in [0.25, 0.3) is 0 Å². The zero-order valence-corrected chi connectivity index (χ0v) is 18.5. The van der Waals surface area contributed by atoms with Gasteiger partial charge in [0.05, 0.1) is 6.61 Å². The van der Waals surface area contributed by atoms with Crippen LogP contribution in [-0.2, 0) is 31.6 Å². The van der Waals surface area contributed by atoms with Crippen molar-refractivity contribution in [3.8, 4) is 11.8 Å². The number of alkyl halides is 1. The number of aromatic amines is 1. The highest BCUT2D eigenvalue weighted by Gasteiger charge is 2.56. The predicted molar refractivity (Wildman–Crippen MR) is 99.5 cm³/mol. The molecule has 1 aromatic heterocycles. The fourth-order valence-corrected chi connectivity index (χ4v) is 5.55. The number of aromatic nitrogens is 3. The van der Waals surface area contributed by atoms with Crippen molar-refractivity contribution in [3.05, 3.63) is 27.0 Å². The lowest BCUT2D eigenvalue weighted by Gasteiger charge is -2.26. The van der Waals surface area contributed by atoms with Crippen LogP contribution < -0.4 is 17.0 Å². The number of H-pyrrole nitrogens is 1. The Balaban J connectivity index is 2.26. The van der Waals surface area contributed by atoms with E-state index in [0.717, 1.165) is 0 Å². The first-order valence-electron chi connectivity index (χ1n) is 8.14. The van der Waals surface area contributed by atoms with Crippen molar-refractivity contribution >= 4 is 23.5 Å². The van der Waals surface area contributed by atoms with Gasteiger partial charge in [-0.1, -0.05) is 11.8 Å². The number of hydrogen-bond acceptors (Lipinski definition) is 12. The molecule has 18 nitrogen and oxygen atoms in total. The molecule has 3 unspecified atom stereocenters. The number of nitrogens with zero attached hydrogens (tertiary/aromatic N) is 2. The van der Waals surface area contributed by atoms with Gasteiger partial charge < -0.3 is 35.2 Å². The quantitative estimate of drug-likeness (QED) is 0.129. The van der Waals surface area contributed by atoms with Gasteiger partial charge in [0.2, 0.25) is 0 Å². The number of halogens is 1. The van der Waals surface area contributed by atoms with E-state index < -0.39 is 72.0 Å². The van der Waals surface area contributed by atoms with Crippen molar-refractivity contribution in [2.75, 3.05) is 13.3 Å². The summed E-state index contributed by atoms with van der Waals surface area (Å²) in [4.78, 5) is 60.7. The summed E-state index contributed by atoms with van der Waals surface area (Å²) < 4.78 is 63.5. The highest BCUT2D eigenvalue weighted by molar-refractivity contribution is 7.66. The molecular formula is C11H16FN4O14P3. The zero-order valence-electron chi connectivity index (χ0n) is 15.8. The lowest BCUT2D eigenvalue weighted by molar-refractivity contribution is -0.0520. The fraction of sp³-hybridized carbons (Fsp3) is 0.545. The second kappa shape index (κ2) is 9.94. The van der Waals surface area contributed by atoms with Gasteiger partial charge >= 0.3 is 29.2 Å². The maximum Gasteiger partial charge on any atom is 0.490 e. The molecule has 0 amide bonds. The molecule has 186 valence electrons. The number of ether oxygens (including phenoxy) is 1. The Bertz CT molecular complexity index is 1200. The van der Waals surface area contributed by atoms with E-state index in [4.69, 9.17) is 25.2 Å². The van der Waals surface area contributed by atoms with E-state index >= 15 is 0 Å². The second-order valence-electron chi connectivity index (χ2n) is 6.11. The van der Waals surface area contributed by atoms with Crippen LogP contribution in [0.1, 0.15) is 6.23 Å². The van der Waals surface area contributed by atoms with Gasteiger partial charge in [0.1, 0.15) is 25.1 Å². The van der Waals surface area contributed by atoms with Gasteiger partial charge in [-0.2, -0.15) is 18.4 Å². The fourth-order valence-electron chi connectivity index (χ4n) is 2.52. The third kappa shape index (κ3) is 7.18. The summed E-state index contributed by atoms with van der Waals surface area (Å²) in [5.74, 6) is 4.03. The molecule has 0 radical (unpaired) electrons. The molecule has 22 heteroatoms. The molecule has 33 heavy (non-hydrogen) atoms. The van der Waals surface area contributed by atoms with Crippen LogP contribution in [0.4, 0.5) is 4.39 Å². The van der Waals surface area contributed by atoms with Gasteiger partial charge in [-0.15, -0.1) is 0 Å². The maximum atomic E-state index is 12.6. The van der Waals surface area contributed by atoms with Crippen molar-refractivity contribution in [3.63, 3.8) is 0 Å². The largest absolute Gasteiger partial charge is 0.490 e. The van der Waals surface area contributed by atoms with E-state index in [2.05, 4.69) is 24.2 Å². The molecule has 0 saturated carbocycles. The van der Waals surface area contributed by atoms with E-state index in [9.17, 15) is 37.7 Å². The molecule has 6 atom stereocenters. The topological polar surface area (TPSA) is 283 Å². The highest BCUT2D eigenvalue weighted by atomic mass is 31.3. The van der Waals surface area contributed by atoms with Crippen molar-refractivity contribution in [2.45, 2.75) is 24.0 Å². The number of aliphatic hydroxyl groups is 1. The first kappa shape index (κ1) is 27.6. The minimum Gasteiger partial charge on any atom is -0.387 e. The lowest BCUT2D eigenvalue weighted by Crippen LogP contribution is -2.55. The number of phosphoric ester groups is 1. The third-order valence-electron chi connectivity index (χ3n) is 3.70. The average molecular weight is 540 g/mol. The van der Waals surface area contributed by atoms with Crippen LogP contribution in [0.15, 0.2) is 15.8 Å². The van der Waals surface area contributed by atoms with E-state index in [1.54, 1.807) is 0 Å². The van der Waals surface area contributed by atoms with Crippen molar-refractivity contribution in [2.24, 2.45) is 5.73 Å². The number of hydrogen-bond donors (Lipinski definition) is 7. The number of nitrogens with one attached hydrogen (secondary N) is 1. The van der Waals surface area contributed by atoms with E-state index in [1.807, 2.05) is 10.9 Å². The molecule has 2 rings (SSSR count). The molecule has 2 heterocycles. The van der Waals surface area contributed by atoms with E-state index in [0.29, 0.717) is 10.9 Å². The van der Waals surface area contributed by atoms with Gasteiger partial charge in [-0.3, -0.25) is 14.3 Å². The molecular weight excluding hydrogens is 524 g/mol. The van der Waals surface area contributed by atoms with Gasteiger partial charge in [0, 0.05) is 0 Å². The summed E-state index contributed by atoms with van der Waals surface area (Å²) in [6.45, 7) is -2.39. The van der Waals surface area contributed by atoms with Crippen molar-refractivity contribution in [1.82, 2.24) is 14.8 Å². The standard InChI is InChI=1S/C11H16FN4O14P3/c12-3-1-2-11(13)8(18)6(28-9(11)16-10(19)15-7(17)4-14-16)5-27-32(23,24)30-33(25,26)29-31(20,21)22/h4,6,8-9,18H,3,5,13H2,(H,23,24)(H,25,26)(H,15,17,19)(H2,20,21,22)/t6-,8+,9-,11?/m1/s1. The van der Waals surface area contributed by atoms with Crippen LogP contribution >= 0.6 is 23.5 Å². The van der Waals surface area contributed by atoms with Crippen molar-refractivity contribution in [1.29, 1.82) is 0 Å². The third-order valence-corrected chi connectivity index (χ3v) is 7.51. The summed E-state index contributed by atoms with van der Waals surface area (Å²) in [6.07, 6.45) is -4.88. The summed E-state index contributed by atoms with van der Waals surface area (Å²) >= 11 is 0. The Kier molecular flexibility index (Phi) is 8.32. The Morgan fingerprint density at radius 3 is 2.42 bits per heavy atom. The number of phosphoric acid groups is 3. The van der Waals surface area contributed by atoms with Crippen LogP contribution in [0.3, 0.4) is 0 Å². The Hall–Kier alpha value is -1.61. The Labute approximate surface area is 181 Å². The second-order valence-corrected chi connectivity index (χ2v) is 10.5. The SMILES string of the molecule is NC1(C#CCF)[C@@H](O)[C@@H](COP(=O)(O)OP(=O)(O)OP(=O)(O)O)O[C@H]1n1ncc(=O)[nH]c1=O. The molecule has 1 aliphatic rings. The number of nitrogens with two attached hydrogens (primary N) is 1. The van der Waals surface area contributed by atoms with Gasteiger partial charge in [0.25, 0.3) is 5.56 Å².